The highest BCUT2D eigenvalue weighted by Crippen LogP contribution is 1.20. The monoisotopic (exact) mass is 86.0 g/mol. The topological polar surface area (TPSA) is 9.23 Å². The summed E-state index contributed by atoms with van der Waals surface area (Å²) in [5.74, 6) is 0. The molecule has 1 nitrogen and oxygen atoms in total. The molecule has 0 heterocycles. The van der Waals surface area contributed by atoms with Crippen molar-refractivity contribution in [1.29, 1.82) is 0 Å². The summed E-state index contributed by atoms with van der Waals surface area (Å²) in [5, 5.41) is 0. The Bertz CT molecular complexity index is 6.00. The fourth-order valence-corrected chi connectivity index (χ4v) is 0. The van der Waals surface area contributed by atoms with E-state index < -0.39 is 0 Å². The van der Waals surface area contributed by atoms with Gasteiger partial charge in [0.15, 0.2) is 0 Å². The molecule has 0 rings (SSSR count). The van der Waals surface area contributed by atoms with Crippen LogP contribution in [0.4, 0.5) is 0 Å². The van der Waals surface area contributed by atoms with E-state index in [0.29, 0.717) is 0 Å². The normalized spacial score (nSPS) is 4.00. The minimum atomic E-state index is 0. The van der Waals surface area contributed by atoms with Crippen LogP contribution in [0.5, 0.6) is 0 Å². The van der Waals surface area contributed by atoms with E-state index in [-0.39, 0.29) is 7.43 Å². The molecule has 0 saturated heterocycles. The van der Waals surface area contributed by atoms with Gasteiger partial charge in [-0.05, 0) is 0 Å². The molecule has 0 bridgehead atoms. The van der Waals surface area contributed by atoms with Crippen molar-refractivity contribution in [2.45, 2.75) is 0 Å². The highest BCUT2D eigenvalue weighted by atomic mass is 27.2. The maximum absolute atomic E-state index is 4.53. The third-order valence-corrected chi connectivity index (χ3v) is 0. The number of hydrogen-bond acceptors (Lipinski definition) is 1. The lowest BCUT2D eigenvalue weighted by Crippen LogP contribution is -1.65. The smallest absolute Gasteiger partial charge is 0.379 e. The van der Waals surface area contributed by atoms with Gasteiger partial charge in [-0.1, -0.05) is 0 Å². The standard InChI is InChI=1S/C.2Al.O.4H. The summed E-state index contributed by atoms with van der Waals surface area (Å²) in [6.45, 7) is 0. The highest BCUT2D eigenvalue weighted by molar-refractivity contribution is 6.15. The first-order valence-corrected chi connectivity index (χ1v) is 2.45. The molecule has 4 heavy (non-hydrogen) atoms. The van der Waals surface area contributed by atoms with Crippen LogP contribution in [-0.2, 0) is 2.84 Å². The maximum atomic E-state index is 4.53. The highest BCUT2D eigenvalue weighted by Gasteiger charge is 1.37. The lowest BCUT2D eigenvalue weighted by molar-refractivity contribution is 0.690. The Balaban J connectivity index is 0. The van der Waals surface area contributed by atoms with E-state index >= 15 is 0 Å². The van der Waals surface area contributed by atoms with E-state index in [2.05, 4.69) is 2.84 Å². The summed E-state index contributed by atoms with van der Waals surface area (Å²) >= 11 is 1.86. The quantitative estimate of drug-likeness (QED) is 0.315. The lowest BCUT2D eigenvalue weighted by Gasteiger charge is -1.64. The van der Waals surface area contributed by atoms with Crippen molar-refractivity contribution in [3.8, 4) is 0 Å². The second kappa shape index (κ2) is 8.98. The van der Waals surface area contributed by atoms with Crippen molar-refractivity contribution >= 4 is 33.2 Å². The Morgan fingerprint density at radius 3 is 1.25 bits per heavy atom. The average molecular weight is 86.0 g/mol. The Morgan fingerprint density at radius 1 is 1.25 bits per heavy atom. The van der Waals surface area contributed by atoms with Gasteiger partial charge in [-0.3, -0.25) is 0 Å². The predicted molar refractivity (Wildman–Crippen MR) is 21.4 cm³/mol. The van der Waals surface area contributed by atoms with Crippen molar-refractivity contribution in [3.63, 3.8) is 0 Å². The van der Waals surface area contributed by atoms with E-state index in [1.807, 2.05) is 0 Å². The zero-order valence-corrected chi connectivity index (χ0v) is 6.91. The van der Waals surface area contributed by atoms with E-state index in [0.717, 1.165) is 33.2 Å². The van der Waals surface area contributed by atoms with Gasteiger partial charge in [0.1, 0.15) is 0 Å². The second-order valence-corrected chi connectivity index (χ2v) is 3.67. The van der Waals surface area contributed by atoms with Gasteiger partial charge in [0.25, 0.3) is 0 Å². The van der Waals surface area contributed by atoms with Crippen LogP contribution in [0.15, 0.2) is 0 Å². The van der Waals surface area contributed by atoms with E-state index in [4.69, 9.17) is 0 Å². The minimum Gasteiger partial charge on any atom is -0.647 e. The molecule has 0 unspecified atom stereocenters. The molecule has 20 valence electrons. The summed E-state index contributed by atoms with van der Waals surface area (Å²) in [6.07, 6.45) is 0. The first kappa shape index (κ1) is 8.90. The van der Waals surface area contributed by atoms with Crippen LogP contribution in [0.2, 0.25) is 0 Å². The van der Waals surface area contributed by atoms with Crippen LogP contribution in [-0.4, -0.2) is 33.2 Å². The zero-order valence-electron chi connectivity index (χ0n) is 2.91. The van der Waals surface area contributed by atoms with Crippen LogP contribution in [0, 0.1) is 7.43 Å². The van der Waals surface area contributed by atoms with Crippen molar-refractivity contribution in [2.75, 3.05) is 0 Å². The molecule has 0 N–H and O–H groups in total. The molecule has 3 heteroatoms. The molecule has 4 radical (unpaired) electrons. The molecule has 0 spiro atoms. The van der Waals surface area contributed by atoms with Gasteiger partial charge in [0.2, 0.25) is 0 Å². The third-order valence-electron chi connectivity index (χ3n) is 0. The van der Waals surface area contributed by atoms with Gasteiger partial charge in [-0.25, -0.2) is 0 Å². The van der Waals surface area contributed by atoms with Crippen LogP contribution >= 0.6 is 0 Å². The van der Waals surface area contributed by atoms with Crippen LogP contribution in [0.25, 0.3) is 0 Å². The average Bonchev–Trinajstić information content (AvgIpc) is 0.918. The van der Waals surface area contributed by atoms with Crippen molar-refractivity contribution in [3.05, 3.63) is 7.43 Å². The van der Waals surface area contributed by atoms with Gasteiger partial charge in [-0.2, -0.15) is 0 Å². The summed E-state index contributed by atoms with van der Waals surface area (Å²) in [7, 11) is 0. The van der Waals surface area contributed by atoms with Crippen molar-refractivity contribution < 1.29 is 2.84 Å². The molecule has 0 amide bonds. The fraction of sp³-hybridized carbons (Fsp3) is 0. The summed E-state index contributed by atoms with van der Waals surface area (Å²) in [6, 6.07) is 0. The summed E-state index contributed by atoms with van der Waals surface area (Å²) in [5.41, 5.74) is 0. The molecule has 0 aliphatic rings. The van der Waals surface area contributed by atoms with E-state index in [1.165, 1.54) is 0 Å². The van der Waals surface area contributed by atoms with Gasteiger partial charge in [0, 0.05) is 7.43 Å². The SMILES string of the molecule is [AlH2][O][AlH2].[C]. The molecule has 0 aromatic rings. The van der Waals surface area contributed by atoms with Gasteiger partial charge in [-0.15, -0.1) is 0 Å². The predicted octanol–water partition coefficient (Wildman–Crippen LogP) is -1.82. The lowest BCUT2D eigenvalue weighted by atomic mass is 12.0. The Morgan fingerprint density at radius 2 is 1.25 bits per heavy atom. The molecule has 0 atom stereocenters. The number of hydrogen-bond donors (Lipinski definition) is 0. The third kappa shape index (κ3) is 11.8. The minimum absolute atomic E-state index is 0. The Labute approximate surface area is 43.9 Å². The Kier molecular flexibility index (Phi) is 20.0. The molecule has 0 aliphatic carbocycles. The largest absolute Gasteiger partial charge is 0.647 e. The van der Waals surface area contributed by atoms with E-state index in [9.17, 15) is 0 Å². The first-order valence-electron chi connectivity index (χ1n) is 0.816. The molecular weight excluding hydrogens is 82.0 g/mol. The molecule has 0 aromatic heterocycles. The zero-order chi connectivity index (χ0) is 2.71. The molecule has 0 aliphatic heterocycles. The van der Waals surface area contributed by atoms with Crippen LogP contribution < -0.4 is 0 Å². The van der Waals surface area contributed by atoms with E-state index in [1.54, 1.807) is 0 Å². The molecule has 0 saturated carbocycles. The van der Waals surface area contributed by atoms with Crippen LogP contribution in [0.3, 0.4) is 0 Å². The van der Waals surface area contributed by atoms with Crippen molar-refractivity contribution in [2.24, 2.45) is 0 Å². The van der Waals surface area contributed by atoms with Gasteiger partial charge in [0.05, 0.1) is 0 Å². The van der Waals surface area contributed by atoms with Gasteiger partial charge >= 0.3 is 33.2 Å². The maximum Gasteiger partial charge on any atom is 0.379 e. The fourth-order valence-electron chi connectivity index (χ4n) is 0. The van der Waals surface area contributed by atoms with Crippen LogP contribution in [0.1, 0.15) is 0 Å². The number of rotatable bonds is 0. The van der Waals surface area contributed by atoms with Crippen molar-refractivity contribution in [1.82, 2.24) is 0 Å². The molecule has 0 fully saturated rings. The summed E-state index contributed by atoms with van der Waals surface area (Å²) < 4.78 is 4.53. The molecule has 0 aromatic carbocycles. The first-order chi connectivity index (χ1) is 1.41. The second-order valence-electron chi connectivity index (χ2n) is 0.408. The molecular formula is CH4Al2O. The summed E-state index contributed by atoms with van der Waals surface area (Å²) in [4.78, 5) is 0. The Hall–Kier alpha value is 1.02. The van der Waals surface area contributed by atoms with Gasteiger partial charge < -0.3 is 2.84 Å².